The quantitative estimate of drug-likeness (QED) is 0.209. The second kappa shape index (κ2) is 13.4. The topological polar surface area (TPSA) is 150 Å². The Morgan fingerprint density at radius 1 is 1.00 bits per heavy atom. The number of carbonyl (C=O) groups excluding carboxylic acids is 1. The average molecular weight is 601 g/mol. The molecule has 4 aromatic rings. The first-order valence-corrected chi connectivity index (χ1v) is 14.8. The number of piperidine rings is 1. The lowest BCUT2D eigenvalue weighted by atomic mass is 9.98. The van der Waals surface area contributed by atoms with Crippen LogP contribution in [0.3, 0.4) is 0 Å². The van der Waals surface area contributed by atoms with Gasteiger partial charge in [0.1, 0.15) is 17.6 Å². The van der Waals surface area contributed by atoms with Crippen LogP contribution >= 0.6 is 0 Å². The highest BCUT2D eigenvalue weighted by molar-refractivity contribution is 5.69. The minimum absolute atomic E-state index is 0.000862. The van der Waals surface area contributed by atoms with E-state index in [2.05, 4.69) is 51.3 Å². The van der Waals surface area contributed by atoms with Gasteiger partial charge in [0.25, 0.3) is 0 Å². The Balaban J connectivity index is 1.19. The maximum Gasteiger partial charge on any atom is 0.404 e. The van der Waals surface area contributed by atoms with Crippen molar-refractivity contribution in [3.8, 4) is 28.6 Å². The van der Waals surface area contributed by atoms with Crippen molar-refractivity contribution >= 4 is 6.09 Å². The van der Waals surface area contributed by atoms with Gasteiger partial charge in [0.2, 0.25) is 0 Å². The van der Waals surface area contributed by atoms with Crippen molar-refractivity contribution in [2.45, 2.75) is 58.3 Å². The van der Waals surface area contributed by atoms with Crippen molar-refractivity contribution in [1.29, 1.82) is 0 Å². The molecule has 44 heavy (non-hydrogen) atoms. The van der Waals surface area contributed by atoms with Crippen molar-refractivity contribution in [2.24, 2.45) is 5.73 Å². The molecule has 0 unspecified atom stereocenters. The molecule has 3 aromatic carbocycles. The largest absolute Gasteiger partial charge is 0.508 e. The monoisotopic (exact) mass is 600 g/mol. The zero-order valence-corrected chi connectivity index (χ0v) is 25.4. The summed E-state index contributed by atoms with van der Waals surface area (Å²) in [5.41, 5.74) is 9.89. The van der Waals surface area contributed by atoms with Gasteiger partial charge in [0, 0.05) is 38.8 Å². The number of nitrogens with two attached hydrogens (primary N) is 1. The van der Waals surface area contributed by atoms with E-state index in [9.17, 15) is 19.8 Å². The highest BCUT2D eigenvalue weighted by atomic mass is 16.6. The molecule has 1 aromatic heterocycles. The Morgan fingerprint density at radius 3 is 2.18 bits per heavy atom. The summed E-state index contributed by atoms with van der Waals surface area (Å²) < 4.78 is 6.54. The molecule has 1 aliphatic rings. The maximum atomic E-state index is 12.7. The summed E-state index contributed by atoms with van der Waals surface area (Å²) in [7, 11) is 2.07. The highest BCUT2D eigenvalue weighted by Gasteiger charge is 2.22. The number of phenols is 2. The number of hydrogen-bond acceptors (Lipinski definition) is 8. The lowest BCUT2D eigenvalue weighted by Gasteiger charge is -2.31. The molecule has 1 aliphatic heterocycles. The number of rotatable bonds is 10. The second-order valence-electron chi connectivity index (χ2n) is 11.8. The van der Waals surface area contributed by atoms with E-state index >= 15 is 0 Å². The number of aromatic hydroxyl groups is 2. The predicted molar refractivity (Wildman–Crippen MR) is 168 cm³/mol. The molecule has 5 rings (SSSR count). The van der Waals surface area contributed by atoms with Crippen molar-refractivity contribution in [2.75, 3.05) is 20.1 Å². The van der Waals surface area contributed by atoms with Gasteiger partial charge in [-0.3, -0.25) is 9.80 Å². The molecule has 11 heteroatoms. The number of primary amides is 1. The summed E-state index contributed by atoms with van der Waals surface area (Å²) in [6.07, 6.45) is 0.818. The fraction of sp³-hybridized carbons (Fsp3) is 0.364. The number of ether oxygens (including phenoxy) is 1. The molecule has 1 saturated heterocycles. The number of H-pyrrole nitrogens is 1. The van der Waals surface area contributed by atoms with Crippen LogP contribution in [0, 0.1) is 0 Å². The van der Waals surface area contributed by atoms with E-state index < -0.39 is 11.8 Å². The predicted octanol–water partition coefficient (Wildman–Crippen LogP) is 4.45. The SMILES string of the molecule is CC(C)c1cc(-c2n[nH]c(=O)n2-c2ccc(CN(C)Cc3ccc(CN4CCC(OC(N)=O)CC4)cc3)cc2)c(O)cc1O. The normalized spacial score (nSPS) is 14.4. The minimum atomic E-state index is -0.699. The minimum Gasteiger partial charge on any atom is -0.508 e. The summed E-state index contributed by atoms with van der Waals surface area (Å²) in [4.78, 5) is 28.3. The second-order valence-corrected chi connectivity index (χ2v) is 11.8. The van der Waals surface area contributed by atoms with Gasteiger partial charge in [0.05, 0.1) is 11.3 Å². The number of benzene rings is 3. The van der Waals surface area contributed by atoms with E-state index in [1.54, 1.807) is 6.07 Å². The van der Waals surface area contributed by atoms with Crippen LogP contribution in [0.2, 0.25) is 0 Å². The third-order valence-corrected chi connectivity index (χ3v) is 8.03. The first kappa shape index (κ1) is 30.8. The van der Waals surface area contributed by atoms with E-state index in [1.165, 1.54) is 21.8 Å². The number of aromatic amines is 1. The number of aromatic nitrogens is 3. The van der Waals surface area contributed by atoms with Gasteiger partial charge in [-0.1, -0.05) is 50.2 Å². The van der Waals surface area contributed by atoms with E-state index in [0.717, 1.165) is 44.6 Å². The van der Waals surface area contributed by atoms with Gasteiger partial charge >= 0.3 is 11.8 Å². The molecule has 0 atom stereocenters. The van der Waals surface area contributed by atoms with E-state index in [4.69, 9.17) is 10.5 Å². The van der Waals surface area contributed by atoms with E-state index in [-0.39, 0.29) is 29.3 Å². The lowest BCUT2D eigenvalue weighted by molar-refractivity contribution is 0.0541. The number of amides is 1. The van der Waals surface area contributed by atoms with E-state index in [1.807, 2.05) is 38.1 Å². The summed E-state index contributed by atoms with van der Waals surface area (Å²) in [6, 6.07) is 19.3. The van der Waals surface area contributed by atoms with Crippen molar-refractivity contribution in [3.05, 3.63) is 93.4 Å². The number of nitrogens with one attached hydrogen (secondary N) is 1. The van der Waals surface area contributed by atoms with Gasteiger partial charge < -0.3 is 20.7 Å². The third-order valence-electron chi connectivity index (χ3n) is 8.03. The molecule has 0 spiro atoms. The van der Waals surface area contributed by atoms with Crippen LogP contribution in [-0.2, 0) is 24.4 Å². The average Bonchev–Trinajstić information content (AvgIpc) is 3.36. The lowest BCUT2D eigenvalue weighted by Crippen LogP contribution is -2.38. The van der Waals surface area contributed by atoms with Crippen LogP contribution in [0.1, 0.15) is 54.9 Å². The summed E-state index contributed by atoms with van der Waals surface area (Å²) in [5.74, 6) is 0.128. The molecule has 0 radical (unpaired) electrons. The van der Waals surface area contributed by atoms with Crippen LogP contribution in [-0.4, -0.2) is 67.1 Å². The molecule has 0 aliphatic carbocycles. The van der Waals surface area contributed by atoms with Crippen molar-refractivity contribution < 1.29 is 19.7 Å². The van der Waals surface area contributed by atoms with Crippen molar-refractivity contribution in [1.82, 2.24) is 24.6 Å². The van der Waals surface area contributed by atoms with Gasteiger partial charge in [-0.15, -0.1) is 0 Å². The standard InChI is InChI=1S/C33H40N6O5/c1-21(2)27-16-28(30(41)17-29(27)40)31-35-36-33(43)39(31)25-10-8-23(9-11-25)19-37(3)18-22-4-6-24(7-5-22)20-38-14-12-26(13-15-38)44-32(34)42/h4-11,16-17,21,26,40-41H,12-15,18-20H2,1-3H3,(H2,34,42)(H,36,43). The van der Waals surface area contributed by atoms with Gasteiger partial charge in [-0.2, -0.15) is 5.10 Å². The van der Waals surface area contributed by atoms with Gasteiger partial charge in [-0.05, 0) is 66.3 Å². The van der Waals surface area contributed by atoms with Crippen LogP contribution in [0.4, 0.5) is 4.79 Å². The number of phenolic OH excluding ortho intramolecular Hbond substituents is 2. The fourth-order valence-corrected chi connectivity index (χ4v) is 5.74. The van der Waals surface area contributed by atoms with Crippen LogP contribution in [0.25, 0.3) is 17.1 Å². The molecular weight excluding hydrogens is 560 g/mol. The summed E-state index contributed by atoms with van der Waals surface area (Å²) in [6.45, 7) is 7.98. The highest BCUT2D eigenvalue weighted by Crippen LogP contribution is 2.37. The zero-order chi connectivity index (χ0) is 31.4. The molecule has 11 nitrogen and oxygen atoms in total. The van der Waals surface area contributed by atoms with Gasteiger partial charge in [-0.25, -0.2) is 19.3 Å². The zero-order valence-electron chi connectivity index (χ0n) is 25.4. The first-order chi connectivity index (χ1) is 21.1. The van der Waals surface area contributed by atoms with Crippen LogP contribution < -0.4 is 11.4 Å². The molecule has 1 amide bonds. The third kappa shape index (κ3) is 7.29. The van der Waals surface area contributed by atoms with Crippen LogP contribution in [0.15, 0.2) is 65.5 Å². The Bertz CT molecular complexity index is 1640. The smallest absolute Gasteiger partial charge is 0.404 e. The molecule has 2 heterocycles. The van der Waals surface area contributed by atoms with Gasteiger partial charge in [0.15, 0.2) is 5.82 Å². The molecular formula is C33H40N6O5. The summed E-state index contributed by atoms with van der Waals surface area (Å²) >= 11 is 0. The Morgan fingerprint density at radius 2 is 1.59 bits per heavy atom. The fourth-order valence-electron chi connectivity index (χ4n) is 5.74. The number of nitrogens with zero attached hydrogens (tertiary/aromatic N) is 4. The summed E-state index contributed by atoms with van der Waals surface area (Å²) in [5, 5.41) is 27.5. The Hall–Kier alpha value is -4.61. The molecule has 0 saturated carbocycles. The number of hydrogen-bond donors (Lipinski definition) is 4. The van der Waals surface area contributed by atoms with Crippen molar-refractivity contribution in [3.63, 3.8) is 0 Å². The van der Waals surface area contributed by atoms with Crippen LogP contribution in [0.5, 0.6) is 11.5 Å². The number of likely N-dealkylation sites (tertiary alicyclic amines) is 1. The Kier molecular flexibility index (Phi) is 9.36. The Labute approximate surface area is 256 Å². The molecule has 0 bridgehead atoms. The maximum absolute atomic E-state index is 12.7. The first-order valence-electron chi connectivity index (χ1n) is 14.8. The number of carbonyl (C=O) groups is 1. The molecule has 1 fully saturated rings. The van der Waals surface area contributed by atoms with E-state index in [0.29, 0.717) is 23.4 Å². The molecule has 5 N–H and O–H groups in total. The molecule has 232 valence electrons.